The van der Waals surface area contributed by atoms with Gasteiger partial charge in [0, 0.05) is 29.2 Å². The Morgan fingerprint density at radius 2 is 2.26 bits per heavy atom. The van der Waals surface area contributed by atoms with E-state index in [1.54, 1.807) is 17.4 Å². The molecule has 0 bridgehead atoms. The van der Waals surface area contributed by atoms with Crippen molar-refractivity contribution < 1.29 is 0 Å². The number of hydrogen-bond donors (Lipinski definition) is 2. The van der Waals surface area contributed by atoms with Gasteiger partial charge in [-0.2, -0.15) is 0 Å². The highest BCUT2D eigenvalue weighted by Crippen LogP contribution is 2.28. The lowest BCUT2D eigenvalue weighted by Gasteiger charge is -2.25. The second-order valence-electron chi connectivity index (χ2n) is 4.79. The molecule has 100 valence electrons. The van der Waals surface area contributed by atoms with Crippen LogP contribution in [-0.4, -0.2) is 4.98 Å². The first-order valence-electron chi connectivity index (χ1n) is 6.42. The molecule has 0 radical (unpaired) electrons. The van der Waals surface area contributed by atoms with Crippen LogP contribution in [0.25, 0.3) is 0 Å². The zero-order valence-electron chi connectivity index (χ0n) is 10.4. The first-order valence-corrected chi connectivity index (χ1v) is 7.61. The molecule has 2 aromatic heterocycles. The van der Waals surface area contributed by atoms with Crippen LogP contribution >= 0.6 is 22.9 Å². The molecule has 0 aliphatic heterocycles. The lowest BCUT2D eigenvalue weighted by atomic mass is 9.91. The highest BCUT2D eigenvalue weighted by Gasteiger charge is 2.20. The molecule has 19 heavy (non-hydrogen) atoms. The quantitative estimate of drug-likeness (QED) is 0.913. The molecule has 0 amide bonds. The number of nitrogens with one attached hydrogen (secondary N) is 2. The molecule has 0 aromatic carbocycles. The number of aromatic amines is 1. The summed E-state index contributed by atoms with van der Waals surface area (Å²) in [6.07, 6.45) is 3.18. The molecule has 0 saturated carbocycles. The molecular weight excluding hydrogens is 280 g/mol. The van der Waals surface area contributed by atoms with Gasteiger partial charge in [0.15, 0.2) is 0 Å². The highest BCUT2D eigenvalue weighted by molar-refractivity contribution is 7.16. The number of hydrogen-bond acceptors (Lipinski definition) is 3. The van der Waals surface area contributed by atoms with Crippen LogP contribution in [0.4, 0.5) is 0 Å². The molecule has 0 saturated heterocycles. The molecule has 2 aromatic rings. The topological polar surface area (TPSA) is 44.9 Å². The molecule has 0 fully saturated rings. The molecular formula is C14H15ClN2OS. The summed E-state index contributed by atoms with van der Waals surface area (Å²) in [5.74, 6) is 0. The summed E-state index contributed by atoms with van der Waals surface area (Å²) in [5, 5.41) is 3.56. The average molecular weight is 295 g/mol. The van der Waals surface area contributed by atoms with Crippen LogP contribution in [0.5, 0.6) is 0 Å². The van der Waals surface area contributed by atoms with Crippen LogP contribution in [0, 0.1) is 0 Å². The standard InChI is InChI=1S/C14H15ClN2OS/c15-13-6-4-9(19-13)8-16-11-2-1-3-12-10(11)5-7-14(18)17-12/h4-7,11,16H,1-3,8H2,(H,17,18). The predicted molar refractivity (Wildman–Crippen MR) is 78.9 cm³/mol. The summed E-state index contributed by atoms with van der Waals surface area (Å²) in [7, 11) is 0. The summed E-state index contributed by atoms with van der Waals surface area (Å²) in [6.45, 7) is 0.820. The van der Waals surface area contributed by atoms with E-state index in [2.05, 4.69) is 16.4 Å². The van der Waals surface area contributed by atoms with Crippen LogP contribution in [0.1, 0.15) is 35.0 Å². The molecule has 2 N–H and O–H groups in total. The summed E-state index contributed by atoms with van der Waals surface area (Å²) in [5.41, 5.74) is 2.30. The minimum atomic E-state index is -0.00978. The van der Waals surface area contributed by atoms with Crippen LogP contribution < -0.4 is 10.9 Å². The van der Waals surface area contributed by atoms with Crippen molar-refractivity contribution >= 4 is 22.9 Å². The molecule has 2 heterocycles. The first-order chi connectivity index (χ1) is 9.22. The van der Waals surface area contributed by atoms with Gasteiger partial charge in [-0.3, -0.25) is 4.79 Å². The molecule has 1 aliphatic rings. The molecule has 1 unspecified atom stereocenters. The van der Waals surface area contributed by atoms with Gasteiger partial charge >= 0.3 is 0 Å². The fourth-order valence-corrected chi connectivity index (χ4v) is 3.62. The maximum Gasteiger partial charge on any atom is 0.248 e. The van der Waals surface area contributed by atoms with Gasteiger partial charge in [-0.25, -0.2) is 0 Å². The maximum atomic E-state index is 11.3. The largest absolute Gasteiger partial charge is 0.326 e. The van der Waals surface area contributed by atoms with Gasteiger partial charge in [0.25, 0.3) is 0 Å². The van der Waals surface area contributed by atoms with Crippen LogP contribution in [-0.2, 0) is 13.0 Å². The van der Waals surface area contributed by atoms with Gasteiger partial charge in [0.2, 0.25) is 5.56 Å². The second kappa shape index (κ2) is 5.49. The Balaban J connectivity index is 1.75. The smallest absolute Gasteiger partial charge is 0.248 e. The van der Waals surface area contributed by atoms with Crippen molar-refractivity contribution in [2.45, 2.75) is 31.8 Å². The van der Waals surface area contributed by atoms with E-state index < -0.39 is 0 Å². The van der Waals surface area contributed by atoms with E-state index in [1.165, 1.54) is 10.4 Å². The fraction of sp³-hybridized carbons (Fsp3) is 0.357. The van der Waals surface area contributed by atoms with Gasteiger partial charge in [-0.05, 0) is 37.0 Å². The molecule has 3 rings (SSSR count). The van der Waals surface area contributed by atoms with E-state index in [4.69, 9.17) is 11.6 Å². The van der Waals surface area contributed by atoms with Crippen molar-refractivity contribution in [1.29, 1.82) is 0 Å². The molecule has 0 spiro atoms. The molecule has 1 atom stereocenters. The van der Waals surface area contributed by atoms with Crippen molar-refractivity contribution in [2.24, 2.45) is 0 Å². The number of rotatable bonds is 3. The van der Waals surface area contributed by atoms with Crippen molar-refractivity contribution in [2.75, 3.05) is 0 Å². The first kappa shape index (κ1) is 12.9. The number of aryl methyl sites for hydroxylation is 1. The van der Waals surface area contributed by atoms with Gasteiger partial charge in [-0.15, -0.1) is 11.3 Å². The molecule has 3 nitrogen and oxygen atoms in total. The Morgan fingerprint density at radius 1 is 1.37 bits per heavy atom. The third-order valence-corrected chi connectivity index (χ3v) is 4.71. The van der Waals surface area contributed by atoms with Crippen LogP contribution in [0.15, 0.2) is 29.1 Å². The van der Waals surface area contributed by atoms with Gasteiger partial charge in [0.05, 0.1) is 4.34 Å². The van der Waals surface area contributed by atoms with Crippen LogP contribution in [0.2, 0.25) is 4.34 Å². The Morgan fingerprint density at radius 3 is 3.05 bits per heavy atom. The summed E-state index contributed by atoms with van der Waals surface area (Å²) in [4.78, 5) is 15.5. The Hall–Kier alpha value is -1.10. The molecule has 5 heteroatoms. The van der Waals surface area contributed by atoms with E-state index in [9.17, 15) is 4.79 Å². The predicted octanol–water partition coefficient (Wildman–Crippen LogP) is 3.26. The molecule has 1 aliphatic carbocycles. The van der Waals surface area contributed by atoms with E-state index in [0.29, 0.717) is 6.04 Å². The van der Waals surface area contributed by atoms with E-state index in [1.807, 2.05) is 12.1 Å². The van der Waals surface area contributed by atoms with E-state index in [-0.39, 0.29) is 5.56 Å². The Labute approximate surface area is 120 Å². The van der Waals surface area contributed by atoms with Crippen molar-refractivity contribution in [1.82, 2.24) is 10.3 Å². The third-order valence-electron chi connectivity index (χ3n) is 3.48. The number of fused-ring (bicyclic) bond motifs is 1. The van der Waals surface area contributed by atoms with Crippen LogP contribution in [0.3, 0.4) is 0 Å². The minimum absolute atomic E-state index is 0.00978. The van der Waals surface area contributed by atoms with Gasteiger partial charge in [-0.1, -0.05) is 17.7 Å². The lowest BCUT2D eigenvalue weighted by molar-refractivity contribution is 0.455. The number of aromatic nitrogens is 1. The van der Waals surface area contributed by atoms with Gasteiger partial charge in [0.1, 0.15) is 0 Å². The number of halogens is 1. The third kappa shape index (κ3) is 2.91. The average Bonchev–Trinajstić information content (AvgIpc) is 2.81. The van der Waals surface area contributed by atoms with Gasteiger partial charge < -0.3 is 10.3 Å². The second-order valence-corrected chi connectivity index (χ2v) is 6.59. The summed E-state index contributed by atoms with van der Waals surface area (Å²) >= 11 is 7.54. The fourth-order valence-electron chi connectivity index (χ4n) is 2.58. The Bertz CT molecular complexity index is 634. The maximum absolute atomic E-state index is 11.3. The number of pyridine rings is 1. The van der Waals surface area contributed by atoms with E-state index >= 15 is 0 Å². The van der Waals surface area contributed by atoms with Crippen molar-refractivity contribution in [3.8, 4) is 0 Å². The highest BCUT2D eigenvalue weighted by atomic mass is 35.5. The van der Waals surface area contributed by atoms with E-state index in [0.717, 1.165) is 35.8 Å². The SMILES string of the molecule is O=c1ccc2c([nH]1)CCCC2NCc1ccc(Cl)s1. The summed E-state index contributed by atoms with van der Waals surface area (Å²) in [6, 6.07) is 7.86. The normalized spacial score (nSPS) is 18.3. The number of H-pyrrole nitrogens is 1. The summed E-state index contributed by atoms with van der Waals surface area (Å²) < 4.78 is 0.824. The number of thiophene rings is 1. The minimum Gasteiger partial charge on any atom is -0.326 e. The van der Waals surface area contributed by atoms with Crippen molar-refractivity contribution in [3.05, 3.63) is 55.1 Å². The zero-order valence-corrected chi connectivity index (χ0v) is 12.0. The monoisotopic (exact) mass is 294 g/mol. The Kier molecular flexibility index (Phi) is 3.73. The zero-order chi connectivity index (χ0) is 13.2. The lowest BCUT2D eigenvalue weighted by Crippen LogP contribution is -2.26. The van der Waals surface area contributed by atoms with Crippen molar-refractivity contribution in [3.63, 3.8) is 0 Å².